The lowest BCUT2D eigenvalue weighted by Gasteiger charge is -2.27. The lowest BCUT2D eigenvalue weighted by molar-refractivity contribution is -0.132. The zero-order valence-corrected chi connectivity index (χ0v) is 22.4. The summed E-state index contributed by atoms with van der Waals surface area (Å²) >= 11 is 3.46. The van der Waals surface area contributed by atoms with Crippen molar-refractivity contribution in [3.05, 3.63) is 142 Å². The quantitative estimate of drug-likeness (QED) is 0.205. The Kier molecular flexibility index (Phi) is 9.67. The van der Waals surface area contributed by atoms with Crippen molar-refractivity contribution in [2.24, 2.45) is 0 Å². The Hall–Kier alpha value is -3.70. The van der Waals surface area contributed by atoms with Crippen LogP contribution in [0, 0.1) is 0 Å². The van der Waals surface area contributed by atoms with E-state index in [1.807, 2.05) is 108 Å². The van der Waals surface area contributed by atoms with Crippen LogP contribution >= 0.6 is 15.9 Å². The Morgan fingerprint density at radius 3 is 1.70 bits per heavy atom. The van der Waals surface area contributed by atoms with Gasteiger partial charge in [0, 0.05) is 42.6 Å². The third-order valence-electron chi connectivity index (χ3n) is 6.25. The van der Waals surface area contributed by atoms with Gasteiger partial charge in [-0.15, -0.1) is 0 Å². The van der Waals surface area contributed by atoms with Crippen LogP contribution in [0.5, 0.6) is 0 Å². The molecule has 4 rings (SSSR count). The van der Waals surface area contributed by atoms with E-state index in [1.54, 1.807) is 4.90 Å². The maximum Gasteiger partial charge on any atom is 0.254 e. The van der Waals surface area contributed by atoms with Gasteiger partial charge in [-0.2, -0.15) is 0 Å². The molecule has 0 N–H and O–H groups in total. The molecule has 4 aromatic rings. The smallest absolute Gasteiger partial charge is 0.254 e. The second-order valence-electron chi connectivity index (χ2n) is 9.01. The van der Waals surface area contributed by atoms with Gasteiger partial charge < -0.3 is 9.80 Å². The highest BCUT2D eigenvalue weighted by molar-refractivity contribution is 9.10. The molecule has 0 radical (unpaired) electrons. The molecule has 0 aliphatic heterocycles. The maximum absolute atomic E-state index is 13.5. The van der Waals surface area contributed by atoms with Crippen molar-refractivity contribution in [2.45, 2.75) is 25.9 Å². The molecule has 0 saturated carbocycles. The molecule has 0 aromatic heterocycles. The Bertz CT molecular complexity index is 1280. The number of halogens is 1. The minimum Gasteiger partial charge on any atom is -0.338 e. The number of hydrogen-bond acceptors (Lipinski definition) is 2. The second-order valence-corrected chi connectivity index (χ2v) is 9.92. The van der Waals surface area contributed by atoms with Crippen LogP contribution in [0.25, 0.3) is 0 Å². The summed E-state index contributed by atoms with van der Waals surface area (Å²) in [5, 5.41) is 0. The average Bonchev–Trinajstić information content (AvgIpc) is 2.94. The fourth-order valence-electron chi connectivity index (χ4n) is 4.25. The van der Waals surface area contributed by atoms with E-state index < -0.39 is 0 Å². The van der Waals surface area contributed by atoms with Crippen LogP contribution in [0.4, 0.5) is 0 Å². The number of benzene rings is 4. The number of hydrogen-bond donors (Lipinski definition) is 0. The van der Waals surface area contributed by atoms with Gasteiger partial charge in [0.2, 0.25) is 5.91 Å². The summed E-state index contributed by atoms with van der Waals surface area (Å²) in [6.45, 7) is 1.96. The minimum absolute atomic E-state index is 0.0416. The van der Waals surface area contributed by atoms with E-state index in [2.05, 4.69) is 28.1 Å². The number of carbonyl (C=O) groups is 2. The fraction of sp³-hybridized carbons (Fsp3) is 0.188. The molecule has 5 heteroatoms. The molecule has 0 aliphatic rings. The first-order chi connectivity index (χ1) is 18.1. The van der Waals surface area contributed by atoms with Crippen molar-refractivity contribution in [1.82, 2.24) is 9.80 Å². The van der Waals surface area contributed by atoms with Gasteiger partial charge in [-0.25, -0.2) is 0 Å². The monoisotopic (exact) mass is 554 g/mol. The van der Waals surface area contributed by atoms with Crippen LogP contribution in [-0.2, 0) is 24.3 Å². The third kappa shape index (κ3) is 8.16. The van der Waals surface area contributed by atoms with Crippen molar-refractivity contribution < 1.29 is 9.59 Å². The summed E-state index contributed by atoms with van der Waals surface area (Å²) in [4.78, 5) is 30.7. The minimum atomic E-state index is -0.0863. The number of carbonyl (C=O) groups excluding carboxylic acids is 2. The maximum atomic E-state index is 13.5. The van der Waals surface area contributed by atoms with Crippen LogP contribution in [0.3, 0.4) is 0 Å². The molecule has 0 spiro atoms. The molecule has 0 unspecified atom stereocenters. The zero-order valence-electron chi connectivity index (χ0n) is 20.8. The number of amides is 2. The van der Waals surface area contributed by atoms with Gasteiger partial charge >= 0.3 is 0 Å². The Morgan fingerprint density at radius 1 is 0.595 bits per heavy atom. The van der Waals surface area contributed by atoms with Gasteiger partial charge in [0.05, 0.1) is 0 Å². The first-order valence-electron chi connectivity index (χ1n) is 12.5. The summed E-state index contributed by atoms with van der Waals surface area (Å²) in [5.41, 5.74) is 3.92. The van der Waals surface area contributed by atoms with E-state index in [4.69, 9.17) is 0 Å². The Balaban J connectivity index is 1.48. The normalized spacial score (nSPS) is 10.6. The van der Waals surface area contributed by atoms with Crippen molar-refractivity contribution in [3.8, 4) is 0 Å². The summed E-state index contributed by atoms with van der Waals surface area (Å²) in [6, 6.07) is 37.6. The number of rotatable bonds is 11. The van der Waals surface area contributed by atoms with Crippen LogP contribution in [0.15, 0.2) is 120 Å². The molecule has 37 heavy (non-hydrogen) atoms. The van der Waals surface area contributed by atoms with Gasteiger partial charge in [-0.1, -0.05) is 113 Å². The molecule has 188 valence electrons. The van der Waals surface area contributed by atoms with E-state index in [1.165, 1.54) is 5.56 Å². The van der Waals surface area contributed by atoms with Crippen LogP contribution in [-0.4, -0.2) is 34.7 Å². The average molecular weight is 556 g/mol. The largest absolute Gasteiger partial charge is 0.338 e. The third-order valence-corrected chi connectivity index (χ3v) is 6.75. The van der Waals surface area contributed by atoms with Gasteiger partial charge in [0.15, 0.2) is 0 Å². The highest BCUT2D eigenvalue weighted by Gasteiger charge is 2.20. The lowest BCUT2D eigenvalue weighted by atomic mass is 10.1. The topological polar surface area (TPSA) is 40.6 Å². The number of nitrogens with zero attached hydrogens (tertiary/aromatic N) is 2. The van der Waals surface area contributed by atoms with E-state index in [0.29, 0.717) is 31.7 Å². The lowest BCUT2D eigenvalue weighted by Crippen LogP contribution is -2.37. The fourth-order valence-corrected chi connectivity index (χ4v) is 4.65. The molecule has 2 amide bonds. The van der Waals surface area contributed by atoms with Gasteiger partial charge in [0.25, 0.3) is 5.91 Å². The van der Waals surface area contributed by atoms with E-state index in [9.17, 15) is 9.59 Å². The van der Waals surface area contributed by atoms with Crippen molar-refractivity contribution in [2.75, 3.05) is 13.1 Å². The summed E-state index contributed by atoms with van der Waals surface area (Å²) in [5.74, 6) is -0.0447. The predicted molar refractivity (Wildman–Crippen MR) is 152 cm³/mol. The SMILES string of the molecule is O=C(CCN(Cc1ccccc1)C(=O)c1cccc(Br)c1)N(CCc1ccccc1)Cc1ccccc1. The summed E-state index contributed by atoms with van der Waals surface area (Å²) in [7, 11) is 0. The van der Waals surface area contributed by atoms with Crippen LogP contribution in [0.1, 0.15) is 33.5 Å². The van der Waals surface area contributed by atoms with Gasteiger partial charge in [-0.05, 0) is 41.3 Å². The molecule has 0 aliphatic carbocycles. The molecule has 4 aromatic carbocycles. The van der Waals surface area contributed by atoms with E-state index >= 15 is 0 Å². The summed E-state index contributed by atoms with van der Waals surface area (Å²) < 4.78 is 0.851. The zero-order chi connectivity index (χ0) is 25.9. The molecule has 4 nitrogen and oxygen atoms in total. The highest BCUT2D eigenvalue weighted by atomic mass is 79.9. The molecular formula is C32H31BrN2O2. The molecule has 0 saturated heterocycles. The van der Waals surface area contributed by atoms with Crippen LogP contribution in [0.2, 0.25) is 0 Å². The molecule has 0 heterocycles. The molecule has 0 fully saturated rings. The summed E-state index contributed by atoms with van der Waals surface area (Å²) in [6.07, 6.45) is 1.04. The second kappa shape index (κ2) is 13.6. The van der Waals surface area contributed by atoms with Gasteiger partial charge in [-0.3, -0.25) is 9.59 Å². The molecule has 0 bridgehead atoms. The van der Waals surface area contributed by atoms with Gasteiger partial charge in [0.1, 0.15) is 0 Å². The Labute approximate surface area is 227 Å². The first kappa shape index (κ1) is 26.4. The Morgan fingerprint density at radius 2 is 1.14 bits per heavy atom. The molecule has 0 atom stereocenters. The van der Waals surface area contributed by atoms with Crippen molar-refractivity contribution in [3.63, 3.8) is 0 Å². The first-order valence-corrected chi connectivity index (χ1v) is 13.3. The highest BCUT2D eigenvalue weighted by Crippen LogP contribution is 2.17. The van der Waals surface area contributed by atoms with Crippen molar-refractivity contribution in [1.29, 1.82) is 0 Å². The molecular weight excluding hydrogens is 524 g/mol. The van der Waals surface area contributed by atoms with Crippen LogP contribution < -0.4 is 0 Å². The predicted octanol–water partition coefficient (Wildman–Crippen LogP) is 6.75. The van der Waals surface area contributed by atoms with Crippen molar-refractivity contribution >= 4 is 27.7 Å². The van der Waals surface area contributed by atoms with E-state index in [0.717, 1.165) is 22.0 Å². The standard InChI is InChI=1S/C32H31BrN2O2/c33-30-18-10-17-29(23-30)32(37)35(25-28-15-8-3-9-16-28)22-20-31(36)34(24-27-13-6-2-7-14-27)21-19-26-11-4-1-5-12-26/h1-18,23H,19-22,24-25H2. The van der Waals surface area contributed by atoms with E-state index in [-0.39, 0.29) is 18.2 Å².